The van der Waals surface area contributed by atoms with Crippen LogP contribution in [0.5, 0.6) is 0 Å². The van der Waals surface area contributed by atoms with E-state index in [1.807, 2.05) is 25.2 Å². The van der Waals surface area contributed by atoms with E-state index in [0.717, 1.165) is 24.2 Å². The molecule has 2 aliphatic rings. The molecule has 2 heterocycles. The third-order valence-corrected chi connectivity index (χ3v) is 4.01. The number of anilines is 1. The topological polar surface area (TPSA) is 35.9 Å². The molecule has 4 nitrogen and oxygen atoms in total. The molecule has 0 aliphatic carbocycles. The standard InChI is InChI=1S/C16H16F3N3O/c1-10-20-13(15(23)22(10)9-16(17,18)19)8-11-3-4-14-12(7-11)5-6-21(14)2/h3-4,7-8H,5-6,9H2,1-2H3/b13-8-. The van der Waals surface area contributed by atoms with E-state index in [1.165, 1.54) is 12.5 Å². The number of aliphatic imine (C=N–C) groups is 1. The van der Waals surface area contributed by atoms with Crippen molar-refractivity contribution < 1.29 is 18.0 Å². The zero-order valence-corrected chi connectivity index (χ0v) is 12.8. The number of benzene rings is 1. The molecule has 3 rings (SSSR count). The van der Waals surface area contributed by atoms with Crippen molar-refractivity contribution in [3.63, 3.8) is 0 Å². The van der Waals surface area contributed by atoms with Crippen molar-refractivity contribution >= 4 is 23.5 Å². The molecular weight excluding hydrogens is 307 g/mol. The minimum Gasteiger partial charge on any atom is -0.374 e. The largest absolute Gasteiger partial charge is 0.406 e. The van der Waals surface area contributed by atoms with Gasteiger partial charge in [0.15, 0.2) is 0 Å². The molecule has 0 saturated heterocycles. The predicted octanol–water partition coefficient (Wildman–Crippen LogP) is 2.84. The monoisotopic (exact) mass is 323 g/mol. The lowest BCUT2D eigenvalue weighted by molar-refractivity contribution is -0.149. The van der Waals surface area contributed by atoms with E-state index in [0.29, 0.717) is 4.90 Å². The quantitative estimate of drug-likeness (QED) is 0.785. The maximum Gasteiger partial charge on any atom is 0.406 e. The minimum atomic E-state index is -4.44. The fourth-order valence-electron chi connectivity index (χ4n) is 2.86. The lowest BCUT2D eigenvalue weighted by Gasteiger charge is -2.17. The first-order chi connectivity index (χ1) is 10.7. The predicted molar refractivity (Wildman–Crippen MR) is 82.3 cm³/mol. The second kappa shape index (κ2) is 5.40. The van der Waals surface area contributed by atoms with Gasteiger partial charge in [-0.1, -0.05) is 6.07 Å². The average molecular weight is 323 g/mol. The van der Waals surface area contributed by atoms with Crippen LogP contribution in [-0.4, -0.2) is 43.0 Å². The molecule has 1 amide bonds. The SMILES string of the molecule is CC1=N/C(=C\c2ccc3c(c2)CCN3C)C(=O)N1CC(F)(F)F. The first-order valence-electron chi connectivity index (χ1n) is 7.24. The molecule has 2 aliphatic heterocycles. The number of halogens is 3. The van der Waals surface area contributed by atoms with Crippen molar-refractivity contribution in [1.82, 2.24) is 4.90 Å². The Labute approximate surface area is 131 Å². The zero-order chi connectivity index (χ0) is 16.8. The Balaban J connectivity index is 1.85. The van der Waals surface area contributed by atoms with Crippen molar-refractivity contribution in [2.75, 3.05) is 25.0 Å². The smallest absolute Gasteiger partial charge is 0.374 e. The Morgan fingerprint density at radius 1 is 1.35 bits per heavy atom. The molecule has 1 aromatic carbocycles. The maximum atomic E-state index is 12.5. The van der Waals surface area contributed by atoms with Crippen LogP contribution in [0, 0.1) is 0 Å². The van der Waals surface area contributed by atoms with Gasteiger partial charge >= 0.3 is 6.18 Å². The summed E-state index contributed by atoms with van der Waals surface area (Å²) in [7, 11) is 2.01. The number of nitrogens with zero attached hydrogens (tertiary/aromatic N) is 3. The summed E-state index contributed by atoms with van der Waals surface area (Å²) in [4.78, 5) is 18.9. The van der Waals surface area contributed by atoms with Crippen molar-refractivity contribution in [2.24, 2.45) is 4.99 Å². The van der Waals surface area contributed by atoms with Crippen molar-refractivity contribution in [3.8, 4) is 0 Å². The van der Waals surface area contributed by atoms with Gasteiger partial charge in [0.1, 0.15) is 18.1 Å². The lowest BCUT2D eigenvalue weighted by Crippen LogP contribution is -2.38. The highest BCUT2D eigenvalue weighted by Gasteiger charge is 2.38. The summed E-state index contributed by atoms with van der Waals surface area (Å²) < 4.78 is 37.6. The molecule has 1 aromatic rings. The fourth-order valence-corrected chi connectivity index (χ4v) is 2.86. The Kier molecular flexibility index (Phi) is 3.66. The Morgan fingerprint density at radius 2 is 2.09 bits per heavy atom. The molecule has 0 fully saturated rings. The van der Waals surface area contributed by atoms with E-state index in [9.17, 15) is 18.0 Å². The molecule has 7 heteroatoms. The van der Waals surface area contributed by atoms with Crippen LogP contribution in [0.1, 0.15) is 18.1 Å². The number of hydrogen-bond donors (Lipinski definition) is 0. The molecule has 0 aromatic heterocycles. The van der Waals surface area contributed by atoms with Gasteiger partial charge in [0, 0.05) is 19.3 Å². The van der Waals surface area contributed by atoms with Crippen LogP contribution in [0.4, 0.5) is 18.9 Å². The summed E-state index contributed by atoms with van der Waals surface area (Å²) in [6.07, 6.45) is -1.99. The normalized spacial score (nSPS) is 19.6. The van der Waals surface area contributed by atoms with Crippen LogP contribution in [0.2, 0.25) is 0 Å². The van der Waals surface area contributed by atoms with E-state index in [-0.39, 0.29) is 11.5 Å². The highest BCUT2D eigenvalue weighted by atomic mass is 19.4. The summed E-state index contributed by atoms with van der Waals surface area (Å²) in [6, 6.07) is 5.76. The lowest BCUT2D eigenvalue weighted by atomic mass is 10.1. The third kappa shape index (κ3) is 3.09. The van der Waals surface area contributed by atoms with Crippen LogP contribution in [0.3, 0.4) is 0 Å². The second-order valence-corrected chi connectivity index (χ2v) is 5.75. The van der Waals surface area contributed by atoms with Gasteiger partial charge in [0.2, 0.25) is 0 Å². The summed E-state index contributed by atoms with van der Waals surface area (Å²) in [5.41, 5.74) is 3.12. The molecule has 122 valence electrons. The van der Waals surface area contributed by atoms with E-state index in [4.69, 9.17) is 0 Å². The number of alkyl halides is 3. The summed E-state index contributed by atoms with van der Waals surface area (Å²) in [5.74, 6) is -0.642. The molecule has 0 saturated carbocycles. The van der Waals surface area contributed by atoms with Gasteiger partial charge in [0.25, 0.3) is 5.91 Å². The van der Waals surface area contributed by atoms with E-state index >= 15 is 0 Å². The second-order valence-electron chi connectivity index (χ2n) is 5.75. The van der Waals surface area contributed by atoms with Crippen LogP contribution >= 0.6 is 0 Å². The number of carbonyl (C=O) groups is 1. The molecule has 23 heavy (non-hydrogen) atoms. The van der Waals surface area contributed by atoms with Gasteiger partial charge < -0.3 is 4.90 Å². The number of hydrogen-bond acceptors (Lipinski definition) is 3. The van der Waals surface area contributed by atoms with Gasteiger partial charge in [0.05, 0.1) is 0 Å². The molecule has 0 spiro atoms. The van der Waals surface area contributed by atoms with Crippen molar-refractivity contribution in [2.45, 2.75) is 19.5 Å². The average Bonchev–Trinajstić information content (AvgIpc) is 2.94. The van der Waals surface area contributed by atoms with Gasteiger partial charge in [-0.05, 0) is 42.7 Å². The van der Waals surface area contributed by atoms with Gasteiger partial charge in [-0.25, -0.2) is 4.99 Å². The van der Waals surface area contributed by atoms with Gasteiger partial charge in [-0.3, -0.25) is 9.69 Å². The summed E-state index contributed by atoms with van der Waals surface area (Å²) in [6.45, 7) is 1.03. The van der Waals surface area contributed by atoms with E-state index in [2.05, 4.69) is 9.89 Å². The number of carbonyl (C=O) groups excluding carboxylic acids is 1. The third-order valence-electron chi connectivity index (χ3n) is 4.01. The number of fused-ring (bicyclic) bond motifs is 1. The van der Waals surface area contributed by atoms with E-state index < -0.39 is 18.6 Å². The van der Waals surface area contributed by atoms with Crippen LogP contribution in [-0.2, 0) is 11.2 Å². The number of amides is 1. The number of rotatable bonds is 2. The van der Waals surface area contributed by atoms with Crippen molar-refractivity contribution in [3.05, 3.63) is 35.0 Å². The molecule has 0 bridgehead atoms. The molecule has 0 radical (unpaired) electrons. The first kappa shape index (κ1) is 15.6. The minimum absolute atomic E-state index is 0.0399. The molecule has 0 unspecified atom stereocenters. The molecule has 0 N–H and O–H groups in total. The van der Waals surface area contributed by atoms with Crippen LogP contribution < -0.4 is 4.90 Å². The Hall–Kier alpha value is -2.31. The van der Waals surface area contributed by atoms with Crippen LogP contribution in [0.15, 0.2) is 28.9 Å². The molecule has 0 atom stereocenters. The van der Waals surface area contributed by atoms with Gasteiger partial charge in [-0.2, -0.15) is 13.2 Å². The fraction of sp³-hybridized carbons (Fsp3) is 0.375. The number of likely N-dealkylation sites (N-methyl/N-ethyl adjacent to an activating group) is 1. The highest BCUT2D eigenvalue weighted by Crippen LogP contribution is 2.29. The van der Waals surface area contributed by atoms with Crippen molar-refractivity contribution in [1.29, 1.82) is 0 Å². The van der Waals surface area contributed by atoms with Gasteiger partial charge in [-0.15, -0.1) is 0 Å². The summed E-state index contributed by atoms with van der Waals surface area (Å²) in [5, 5.41) is 0. The van der Waals surface area contributed by atoms with E-state index in [1.54, 1.807) is 6.08 Å². The Bertz CT molecular complexity index is 722. The Morgan fingerprint density at radius 3 is 2.78 bits per heavy atom. The maximum absolute atomic E-state index is 12.5. The number of amidine groups is 1. The molecular formula is C16H16F3N3O. The zero-order valence-electron chi connectivity index (χ0n) is 12.8. The summed E-state index contributed by atoms with van der Waals surface area (Å²) >= 11 is 0. The van der Waals surface area contributed by atoms with Crippen LogP contribution in [0.25, 0.3) is 6.08 Å². The first-order valence-corrected chi connectivity index (χ1v) is 7.24. The highest BCUT2D eigenvalue weighted by molar-refractivity contribution is 6.13.